The molecule has 0 aliphatic heterocycles. The highest BCUT2D eigenvalue weighted by molar-refractivity contribution is 5.78. The van der Waals surface area contributed by atoms with Gasteiger partial charge in [0.05, 0.1) is 0 Å². The fourth-order valence-electron chi connectivity index (χ4n) is 1.19. The van der Waals surface area contributed by atoms with Gasteiger partial charge in [-0.3, -0.25) is 0 Å². The van der Waals surface area contributed by atoms with E-state index in [-0.39, 0.29) is 0 Å². The molecule has 0 saturated heterocycles. The predicted octanol–water partition coefficient (Wildman–Crippen LogP) is 1.32. The second kappa shape index (κ2) is 0.417. The van der Waals surface area contributed by atoms with Gasteiger partial charge in [-0.1, -0.05) is 0 Å². The molecule has 4 rings (SSSR count). The Morgan fingerprint density at radius 1 is 1.00 bits per heavy atom. The molecule has 7 heavy (non-hydrogen) atoms. The van der Waals surface area contributed by atoms with Crippen molar-refractivity contribution in [1.82, 2.24) is 0 Å². The van der Waals surface area contributed by atoms with Crippen molar-refractivity contribution in [3.05, 3.63) is 33.8 Å². The van der Waals surface area contributed by atoms with Crippen LogP contribution >= 0.6 is 0 Å². The van der Waals surface area contributed by atoms with Gasteiger partial charge < -0.3 is 0 Å². The Bertz CT molecular complexity index is 277. The van der Waals surface area contributed by atoms with E-state index in [0.717, 1.165) is 0 Å². The van der Waals surface area contributed by atoms with Crippen molar-refractivity contribution in [1.29, 1.82) is 0 Å². The molecular formula is C7H2. The minimum atomic E-state index is 1.21. The molecular weight excluding hydrogens is 84.1 g/mol. The van der Waals surface area contributed by atoms with E-state index in [1.165, 1.54) is 28.7 Å². The molecule has 0 N–H and O–H groups in total. The van der Waals surface area contributed by atoms with Crippen molar-refractivity contribution in [2.45, 2.75) is 6.42 Å². The van der Waals surface area contributed by atoms with Gasteiger partial charge in [0.25, 0.3) is 0 Å². The van der Waals surface area contributed by atoms with Gasteiger partial charge in [-0.2, -0.15) is 0 Å². The lowest BCUT2D eigenvalue weighted by molar-refractivity contribution is 1.20. The van der Waals surface area contributed by atoms with E-state index in [9.17, 15) is 0 Å². The maximum atomic E-state index is 3.21. The molecule has 0 unspecified atom stereocenters. The smallest absolute Gasteiger partial charge is 0.0444 e. The third kappa shape index (κ3) is 0.105. The number of hydrogen-bond acceptors (Lipinski definition) is 0. The van der Waals surface area contributed by atoms with Crippen LogP contribution in [0.15, 0.2) is 33.8 Å². The monoisotopic (exact) mass is 86.0 g/mol. The summed E-state index contributed by atoms with van der Waals surface area (Å²) in [5, 5.41) is 0. The standard InChI is InChI=1S/C7H2/c1-4-2-5(1)7-3-6(4)7/h1H2. The molecule has 0 heterocycles. The zero-order chi connectivity index (χ0) is 4.43. The first-order valence-corrected chi connectivity index (χ1v) is 2.46. The summed E-state index contributed by atoms with van der Waals surface area (Å²) in [5.74, 6) is 0. The molecule has 4 aliphatic rings. The summed E-state index contributed by atoms with van der Waals surface area (Å²) >= 11 is 0. The van der Waals surface area contributed by atoms with Gasteiger partial charge in [0.1, 0.15) is 0 Å². The van der Waals surface area contributed by atoms with Crippen molar-refractivity contribution in [2.75, 3.05) is 0 Å². The van der Waals surface area contributed by atoms with E-state index >= 15 is 0 Å². The molecule has 1 saturated carbocycles. The summed E-state index contributed by atoms with van der Waals surface area (Å²) in [6.45, 7) is 0. The second-order valence-corrected chi connectivity index (χ2v) is 2.13. The zero-order valence-corrected chi connectivity index (χ0v) is 3.71. The fourth-order valence-corrected chi connectivity index (χ4v) is 1.19. The minimum Gasteiger partial charge on any atom is -0.110 e. The van der Waals surface area contributed by atoms with Crippen LogP contribution in [0.5, 0.6) is 0 Å². The summed E-state index contributed by atoms with van der Waals surface area (Å²) in [5.41, 5.74) is 12.0. The molecule has 0 amide bonds. The molecule has 0 atom stereocenters. The Hall–Kier alpha value is -0.960. The quantitative estimate of drug-likeness (QED) is 0.390. The van der Waals surface area contributed by atoms with Gasteiger partial charge in [0.15, 0.2) is 0 Å². The first kappa shape index (κ1) is 2.37. The summed E-state index contributed by atoms with van der Waals surface area (Å²) in [6.07, 6.45) is 1.21. The number of rotatable bonds is 0. The lowest BCUT2D eigenvalue weighted by Gasteiger charge is -1.95. The van der Waals surface area contributed by atoms with E-state index in [1.54, 1.807) is 0 Å². The Labute approximate surface area is 41.2 Å². The number of allylic oxidation sites excluding steroid dienone is 2. The van der Waals surface area contributed by atoms with Crippen LogP contribution in [-0.4, -0.2) is 0 Å². The summed E-state index contributed by atoms with van der Waals surface area (Å²) in [7, 11) is 0. The first-order valence-electron chi connectivity index (χ1n) is 2.46. The Kier molecular flexibility index (Phi) is 0.141. The van der Waals surface area contributed by atoms with E-state index in [0.29, 0.717) is 0 Å². The van der Waals surface area contributed by atoms with Crippen LogP contribution in [0.1, 0.15) is 6.42 Å². The maximum Gasteiger partial charge on any atom is 0.0444 e. The van der Waals surface area contributed by atoms with Crippen LogP contribution < -0.4 is 0 Å². The molecule has 30 valence electrons. The predicted molar refractivity (Wildman–Crippen MR) is 25.7 cm³/mol. The third-order valence-electron chi connectivity index (χ3n) is 1.70. The molecule has 0 aromatic rings. The van der Waals surface area contributed by atoms with Crippen LogP contribution in [0, 0.1) is 0 Å². The Balaban J connectivity index is 2.59. The van der Waals surface area contributed by atoms with Gasteiger partial charge >= 0.3 is 0 Å². The third-order valence-corrected chi connectivity index (χ3v) is 1.70. The average molecular weight is 86.1 g/mol. The molecule has 4 aliphatic carbocycles. The lowest BCUT2D eigenvalue weighted by atomic mass is 10.1. The second-order valence-electron chi connectivity index (χ2n) is 2.13. The molecule has 0 radical (unpaired) electrons. The van der Waals surface area contributed by atoms with Crippen molar-refractivity contribution >= 4 is 0 Å². The van der Waals surface area contributed by atoms with E-state index < -0.39 is 0 Å². The fraction of sp³-hybridized carbons (Fsp3) is 0.143. The molecule has 0 aromatic heterocycles. The first-order chi connectivity index (χ1) is 3.45. The van der Waals surface area contributed by atoms with Crippen LogP contribution in [0.2, 0.25) is 0 Å². The van der Waals surface area contributed by atoms with Crippen LogP contribution in [0.25, 0.3) is 0 Å². The van der Waals surface area contributed by atoms with Crippen molar-refractivity contribution in [3.8, 4) is 0 Å². The lowest BCUT2D eigenvalue weighted by Crippen LogP contribution is -1.80. The van der Waals surface area contributed by atoms with Gasteiger partial charge in [0, 0.05) is 28.7 Å². The Morgan fingerprint density at radius 2 is 1.57 bits per heavy atom. The van der Waals surface area contributed by atoms with E-state index in [1.807, 2.05) is 0 Å². The van der Waals surface area contributed by atoms with E-state index in [4.69, 9.17) is 0 Å². The van der Waals surface area contributed by atoms with Gasteiger partial charge in [0.2, 0.25) is 0 Å². The molecule has 0 spiro atoms. The van der Waals surface area contributed by atoms with Crippen LogP contribution in [0.3, 0.4) is 0 Å². The van der Waals surface area contributed by atoms with Crippen LogP contribution in [-0.2, 0) is 0 Å². The summed E-state index contributed by atoms with van der Waals surface area (Å²) in [6, 6.07) is 0. The normalized spacial score (nSPS) is 26.3. The average Bonchev–Trinajstić information content (AvgIpc) is 2.10. The van der Waals surface area contributed by atoms with Gasteiger partial charge in [-0.15, -0.1) is 11.5 Å². The summed E-state index contributed by atoms with van der Waals surface area (Å²) < 4.78 is 0. The minimum absolute atomic E-state index is 1.21. The maximum absolute atomic E-state index is 3.21. The molecule has 1 fully saturated rings. The van der Waals surface area contributed by atoms with Gasteiger partial charge in [-0.25, -0.2) is 0 Å². The Morgan fingerprint density at radius 3 is 1.71 bits per heavy atom. The molecule has 0 heteroatoms. The number of hydrogen-bond donors (Lipinski definition) is 0. The highest BCUT2D eigenvalue weighted by Gasteiger charge is 2.37. The zero-order valence-electron chi connectivity index (χ0n) is 3.71. The van der Waals surface area contributed by atoms with Crippen LogP contribution in [0.4, 0.5) is 0 Å². The summed E-state index contributed by atoms with van der Waals surface area (Å²) in [4.78, 5) is 0. The SMILES string of the molecule is C1=C2CC=1C1=C=C21. The molecule has 2 bridgehead atoms. The topological polar surface area (TPSA) is 0 Å². The van der Waals surface area contributed by atoms with Crippen molar-refractivity contribution in [2.24, 2.45) is 0 Å². The molecule has 0 nitrogen and oxygen atoms in total. The largest absolute Gasteiger partial charge is 0.110 e. The van der Waals surface area contributed by atoms with E-state index in [2.05, 4.69) is 11.5 Å². The van der Waals surface area contributed by atoms with Crippen molar-refractivity contribution < 1.29 is 0 Å². The van der Waals surface area contributed by atoms with Gasteiger partial charge in [-0.05, 0) is 0 Å². The highest BCUT2D eigenvalue weighted by Crippen LogP contribution is 2.51. The molecule has 0 aromatic carbocycles. The van der Waals surface area contributed by atoms with Crippen molar-refractivity contribution in [3.63, 3.8) is 0 Å². The highest BCUT2D eigenvalue weighted by atomic mass is 14.4.